The van der Waals surface area contributed by atoms with Crippen molar-refractivity contribution >= 4 is 18.4 Å². The molecule has 0 nitrogen and oxygen atoms in total. The summed E-state index contributed by atoms with van der Waals surface area (Å²) in [5, 5.41) is 3.27. The van der Waals surface area contributed by atoms with E-state index in [0.717, 1.165) is 0 Å². The Morgan fingerprint density at radius 2 is 1.18 bits per heavy atom. The summed E-state index contributed by atoms with van der Waals surface area (Å²) in [6, 6.07) is 18.3. The minimum Gasteiger partial charge on any atom is -1.00 e. The molecule has 2 rings (SSSR count). The first kappa shape index (κ1) is 27.2. The van der Waals surface area contributed by atoms with Gasteiger partial charge in [0.15, 0.2) is 0 Å². The Morgan fingerprint density at radius 3 is 1.55 bits per heavy atom. The van der Waals surface area contributed by atoms with Crippen LogP contribution in [0.25, 0.3) is 0 Å². The van der Waals surface area contributed by atoms with Gasteiger partial charge in [0.25, 0.3) is 0 Å². The predicted octanol–water partition coefficient (Wildman–Crippen LogP) is -5.37. The minimum atomic E-state index is -1.53. The van der Waals surface area contributed by atoms with Crippen LogP contribution in [0.5, 0.6) is 0 Å². The van der Waals surface area contributed by atoms with Crippen molar-refractivity contribution < 1.29 is 58.9 Å². The number of hydrogen-bond donors (Lipinski definition) is 0. The Hall–Kier alpha value is 0.371. The second-order valence-electron chi connectivity index (χ2n) is 5.23. The van der Waals surface area contributed by atoms with Crippen LogP contribution >= 0.6 is 0 Å². The van der Waals surface area contributed by atoms with Gasteiger partial charge in [-0.15, -0.1) is 0 Å². The molecule has 0 unspecified atom stereocenters. The summed E-state index contributed by atoms with van der Waals surface area (Å²) in [4.78, 5) is 0. The van der Waals surface area contributed by atoms with Gasteiger partial charge in [-0.05, 0) is 0 Å². The van der Waals surface area contributed by atoms with E-state index in [0.29, 0.717) is 0 Å². The molecule has 0 saturated carbocycles. The first-order chi connectivity index (χ1) is 8.65. The zero-order chi connectivity index (χ0) is 13.2. The van der Waals surface area contributed by atoms with Crippen molar-refractivity contribution in [1.82, 2.24) is 0 Å². The predicted molar refractivity (Wildman–Crippen MR) is 83.9 cm³/mol. The van der Waals surface area contributed by atoms with Crippen molar-refractivity contribution in [1.29, 1.82) is 0 Å². The average molecular weight is 410 g/mol. The Labute approximate surface area is 170 Å². The van der Waals surface area contributed by atoms with E-state index < -0.39 is 8.07 Å². The third kappa shape index (κ3) is 4.93. The van der Waals surface area contributed by atoms with Gasteiger partial charge >= 0.3 is 21.7 Å². The summed E-state index contributed by atoms with van der Waals surface area (Å²) in [5.74, 6) is 0. The van der Waals surface area contributed by atoms with Gasteiger partial charge in [-0.3, -0.25) is 0 Å². The number of benzene rings is 1. The molecule has 0 heterocycles. The summed E-state index contributed by atoms with van der Waals surface area (Å²) in [5.41, 5.74) is 2.98. The van der Waals surface area contributed by atoms with Crippen molar-refractivity contribution in [2.75, 3.05) is 0 Å². The molecule has 0 fully saturated rings. The molecular formula is C17H23Cl3SiTi. The van der Waals surface area contributed by atoms with Crippen LogP contribution in [0, 0.1) is 13.8 Å². The van der Waals surface area contributed by atoms with Gasteiger partial charge < -0.3 is 37.2 Å². The zero-order valence-corrected chi connectivity index (χ0v) is 18.4. The third-order valence-corrected chi connectivity index (χ3v) is 9.98. The smallest absolute Gasteiger partial charge is 1.00 e. The van der Waals surface area contributed by atoms with Crippen LogP contribution in [-0.4, -0.2) is 8.07 Å². The van der Waals surface area contributed by atoms with Gasteiger partial charge in [0.2, 0.25) is 0 Å². The summed E-state index contributed by atoms with van der Waals surface area (Å²) >= 11 is 0. The van der Waals surface area contributed by atoms with Crippen LogP contribution in [0.3, 0.4) is 0 Å². The standard InChI is InChI=1S/C17H23Si.3ClH.Ti/c1-5-18(6-2,16-10-8-7-9-11-16)17-14(3)12-13-15(17)4;;;;/h7-13H,5-6H2,1-4H3;3*1H;/q-1;;;;+4/p-3. The average Bonchev–Trinajstić information content (AvgIpc) is 2.75. The fourth-order valence-corrected chi connectivity index (χ4v) is 8.22. The Bertz CT molecular complexity index is 502. The van der Waals surface area contributed by atoms with Crippen LogP contribution in [0.1, 0.15) is 25.0 Å². The molecule has 0 atom stereocenters. The van der Waals surface area contributed by atoms with E-state index in [1.165, 1.54) is 23.2 Å². The monoisotopic (exact) mass is 408 g/mol. The molecule has 0 N–H and O–H groups in total. The van der Waals surface area contributed by atoms with E-state index in [1.54, 1.807) is 10.4 Å². The van der Waals surface area contributed by atoms with E-state index in [-0.39, 0.29) is 58.9 Å². The SMILES string of the molecule is CC[Si](CC)(c1ccccc1)[c-]1c(C)ccc1C.[Cl-].[Cl-].[Cl-].[Ti+4]. The number of hydrogen-bond acceptors (Lipinski definition) is 0. The molecule has 0 amide bonds. The van der Waals surface area contributed by atoms with Gasteiger partial charge in [0.05, 0.1) is 8.07 Å². The van der Waals surface area contributed by atoms with Gasteiger partial charge in [-0.2, -0.15) is 16.3 Å². The van der Waals surface area contributed by atoms with Crippen molar-refractivity contribution in [2.24, 2.45) is 0 Å². The van der Waals surface area contributed by atoms with Crippen LogP contribution in [0.2, 0.25) is 12.1 Å². The van der Waals surface area contributed by atoms with Crippen molar-refractivity contribution in [3.8, 4) is 0 Å². The molecule has 0 aliphatic rings. The fraction of sp³-hybridized carbons (Fsp3) is 0.353. The van der Waals surface area contributed by atoms with Gasteiger partial charge in [0.1, 0.15) is 0 Å². The van der Waals surface area contributed by atoms with E-state index in [4.69, 9.17) is 0 Å². The Balaban J connectivity index is -0.000000902. The molecule has 0 radical (unpaired) electrons. The first-order valence-electron chi connectivity index (χ1n) is 6.94. The molecule has 22 heavy (non-hydrogen) atoms. The molecule has 0 aliphatic carbocycles. The molecular weight excluding hydrogens is 386 g/mol. The summed E-state index contributed by atoms with van der Waals surface area (Å²) < 4.78 is 0. The Morgan fingerprint density at radius 1 is 0.773 bits per heavy atom. The molecule has 2 aromatic rings. The second-order valence-corrected chi connectivity index (χ2v) is 9.89. The Kier molecular flexibility index (Phi) is 14.7. The molecule has 5 heteroatoms. The second kappa shape index (κ2) is 11.8. The van der Waals surface area contributed by atoms with Crippen LogP contribution < -0.4 is 47.6 Å². The quantitative estimate of drug-likeness (QED) is 0.350. The number of aryl methyl sites for hydroxylation is 2. The van der Waals surface area contributed by atoms with Gasteiger partial charge in [-0.25, -0.2) is 12.1 Å². The molecule has 0 saturated heterocycles. The number of rotatable bonds is 4. The van der Waals surface area contributed by atoms with E-state index in [9.17, 15) is 0 Å². The minimum absolute atomic E-state index is 0. The summed E-state index contributed by atoms with van der Waals surface area (Å²) in [6.07, 6.45) is 0. The van der Waals surface area contributed by atoms with Gasteiger partial charge in [-0.1, -0.05) is 75.3 Å². The van der Waals surface area contributed by atoms with Crippen molar-refractivity contribution in [3.05, 3.63) is 53.6 Å². The topological polar surface area (TPSA) is 0 Å². The molecule has 0 aliphatic heterocycles. The van der Waals surface area contributed by atoms with Crippen molar-refractivity contribution in [3.63, 3.8) is 0 Å². The maximum Gasteiger partial charge on any atom is 4.00 e. The van der Waals surface area contributed by atoms with Crippen LogP contribution in [0.15, 0.2) is 42.5 Å². The van der Waals surface area contributed by atoms with E-state index in [1.807, 2.05) is 0 Å². The maximum absolute atomic E-state index is 2.37. The largest absolute Gasteiger partial charge is 4.00 e. The first-order valence-corrected chi connectivity index (χ1v) is 9.36. The fourth-order valence-electron chi connectivity index (χ4n) is 3.40. The molecule has 120 valence electrons. The third-order valence-electron chi connectivity index (χ3n) is 4.38. The normalized spacial score (nSPS) is 9.64. The van der Waals surface area contributed by atoms with E-state index >= 15 is 0 Å². The molecule has 0 aromatic heterocycles. The molecule has 0 spiro atoms. The summed E-state index contributed by atoms with van der Waals surface area (Å²) in [6.45, 7) is 9.29. The van der Waals surface area contributed by atoms with Crippen LogP contribution in [0.4, 0.5) is 0 Å². The maximum atomic E-state index is 2.37. The summed E-state index contributed by atoms with van der Waals surface area (Å²) in [7, 11) is -1.53. The van der Waals surface area contributed by atoms with Gasteiger partial charge in [0, 0.05) is 0 Å². The van der Waals surface area contributed by atoms with Crippen molar-refractivity contribution in [2.45, 2.75) is 39.8 Å². The molecule has 0 bridgehead atoms. The molecule has 2 aromatic carbocycles. The van der Waals surface area contributed by atoms with E-state index in [2.05, 4.69) is 70.2 Å². The zero-order valence-electron chi connectivity index (χ0n) is 13.6. The number of halogens is 3. The van der Waals surface area contributed by atoms with Crippen LogP contribution in [-0.2, 0) is 21.7 Å².